The van der Waals surface area contributed by atoms with Crippen molar-refractivity contribution < 1.29 is 0 Å². The van der Waals surface area contributed by atoms with Gasteiger partial charge >= 0.3 is 0 Å². The van der Waals surface area contributed by atoms with Crippen molar-refractivity contribution >= 4 is 18.1 Å². The zero-order valence-corrected chi connectivity index (χ0v) is 15.3. The van der Waals surface area contributed by atoms with Gasteiger partial charge < -0.3 is 15.1 Å². The minimum Gasteiger partial charge on any atom is -0.369 e. The van der Waals surface area contributed by atoms with Crippen molar-refractivity contribution in [2.75, 3.05) is 57.3 Å². The van der Waals surface area contributed by atoms with E-state index in [1.54, 1.807) is 0 Å². The van der Waals surface area contributed by atoms with E-state index in [9.17, 15) is 0 Å². The van der Waals surface area contributed by atoms with E-state index >= 15 is 0 Å². The summed E-state index contributed by atoms with van der Waals surface area (Å²) < 4.78 is 0. The first-order valence-electron chi connectivity index (χ1n) is 8.77. The topological polar surface area (TPSA) is 21.8 Å². The first-order valence-corrected chi connectivity index (χ1v) is 8.77. The van der Waals surface area contributed by atoms with Crippen molar-refractivity contribution in [2.45, 2.75) is 26.4 Å². The fraction of sp³-hybridized carbons (Fsp3) is 0.667. The Morgan fingerprint density at radius 1 is 1.04 bits per heavy atom. The van der Waals surface area contributed by atoms with Gasteiger partial charge in [0.05, 0.1) is 0 Å². The summed E-state index contributed by atoms with van der Waals surface area (Å²) in [6, 6.07) is 9.60. The molecule has 2 saturated heterocycles. The van der Waals surface area contributed by atoms with Crippen molar-refractivity contribution in [3.05, 3.63) is 29.8 Å². The second-order valence-electron chi connectivity index (χ2n) is 6.64. The lowest BCUT2D eigenvalue weighted by Gasteiger charge is -2.37. The van der Waals surface area contributed by atoms with Crippen LogP contribution in [0.3, 0.4) is 0 Å². The van der Waals surface area contributed by atoms with Gasteiger partial charge in [0.15, 0.2) is 0 Å². The number of halogens is 1. The van der Waals surface area contributed by atoms with Crippen LogP contribution < -0.4 is 10.2 Å². The number of likely N-dealkylation sites (N-methyl/N-ethyl adjacent to an activating group) is 1. The van der Waals surface area contributed by atoms with Gasteiger partial charge in [-0.1, -0.05) is 25.1 Å². The fourth-order valence-corrected chi connectivity index (χ4v) is 3.65. The molecule has 23 heavy (non-hydrogen) atoms. The van der Waals surface area contributed by atoms with Gasteiger partial charge in [0.25, 0.3) is 0 Å². The molecule has 1 unspecified atom stereocenters. The smallest absolute Gasteiger partial charge is 0.0412 e. The van der Waals surface area contributed by atoms with E-state index in [0.29, 0.717) is 6.04 Å². The summed E-state index contributed by atoms with van der Waals surface area (Å²) in [4.78, 5) is 7.70. The average molecular weight is 339 g/mol. The van der Waals surface area contributed by atoms with Crippen LogP contribution in [0.2, 0.25) is 0 Å². The van der Waals surface area contributed by atoms with Crippen molar-refractivity contribution in [2.24, 2.45) is 0 Å². The summed E-state index contributed by atoms with van der Waals surface area (Å²) in [6.07, 6.45) is 0. The second kappa shape index (κ2) is 8.88. The number of nitrogens with one attached hydrogen (secondary N) is 1. The Labute approximate surface area is 147 Å². The molecule has 0 saturated carbocycles. The molecule has 2 aliphatic heterocycles. The van der Waals surface area contributed by atoms with E-state index in [4.69, 9.17) is 0 Å². The molecule has 1 aromatic carbocycles. The molecule has 2 aliphatic rings. The van der Waals surface area contributed by atoms with Crippen LogP contribution in [-0.2, 0) is 6.54 Å². The molecule has 0 amide bonds. The lowest BCUT2D eigenvalue weighted by molar-refractivity contribution is 0.199. The van der Waals surface area contributed by atoms with Crippen LogP contribution in [0.5, 0.6) is 0 Å². The minimum atomic E-state index is 0. The SMILES string of the molecule is CCN1CCN(c2ccccc2CN2CCNC(C)C2)CC1.Cl. The fourth-order valence-electron chi connectivity index (χ4n) is 3.65. The number of benzene rings is 1. The molecule has 0 spiro atoms. The lowest BCUT2D eigenvalue weighted by atomic mass is 10.1. The lowest BCUT2D eigenvalue weighted by Crippen LogP contribution is -2.49. The van der Waals surface area contributed by atoms with Gasteiger partial charge in [0.1, 0.15) is 0 Å². The van der Waals surface area contributed by atoms with Crippen LogP contribution >= 0.6 is 12.4 Å². The number of piperazine rings is 2. The highest BCUT2D eigenvalue weighted by molar-refractivity contribution is 5.85. The van der Waals surface area contributed by atoms with Gasteiger partial charge in [-0.25, -0.2) is 0 Å². The molecule has 5 heteroatoms. The molecule has 1 aromatic rings. The normalized spacial score (nSPS) is 23.6. The van der Waals surface area contributed by atoms with Crippen LogP contribution in [0.4, 0.5) is 5.69 Å². The van der Waals surface area contributed by atoms with Crippen LogP contribution in [0, 0.1) is 0 Å². The number of anilines is 1. The molecule has 0 aliphatic carbocycles. The van der Waals surface area contributed by atoms with E-state index in [2.05, 4.69) is 58.1 Å². The molecule has 0 radical (unpaired) electrons. The van der Waals surface area contributed by atoms with E-state index < -0.39 is 0 Å². The quantitative estimate of drug-likeness (QED) is 0.907. The summed E-state index contributed by atoms with van der Waals surface area (Å²) in [6.45, 7) is 14.9. The minimum absolute atomic E-state index is 0. The molecule has 3 rings (SSSR count). The summed E-state index contributed by atoms with van der Waals surface area (Å²) in [5, 5.41) is 3.53. The number of rotatable bonds is 4. The van der Waals surface area contributed by atoms with E-state index in [0.717, 1.165) is 39.3 Å². The van der Waals surface area contributed by atoms with Crippen molar-refractivity contribution in [3.8, 4) is 0 Å². The standard InChI is InChI=1S/C18H30N4.ClH/c1-3-20-10-12-22(13-11-20)18-7-5-4-6-17(18)15-21-9-8-19-16(2)14-21;/h4-7,16,19H,3,8-15H2,1-2H3;1H. The Hall–Kier alpha value is -0.810. The number of para-hydroxylation sites is 1. The summed E-state index contributed by atoms with van der Waals surface area (Å²) in [7, 11) is 0. The molecule has 0 bridgehead atoms. The molecule has 0 aromatic heterocycles. The average Bonchev–Trinajstić information content (AvgIpc) is 2.56. The molecule has 2 heterocycles. The van der Waals surface area contributed by atoms with Crippen molar-refractivity contribution in [1.29, 1.82) is 0 Å². The molecule has 130 valence electrons. The largest absolute Gasteiger partial charge is 0.369 e. The number of hydrogen-bond acceptors (Lipinski definition) is 4. The monoisotopic (exact) mass is 338 g/mol. The third kappa shape index (κ3) is 4.83. The Bertz CT molecular complexity index is 474. The van der Waals surface area contributed by atoms with E-state index in [-0.39, 0.29) is 12.4 Å². The van der Waals surface area contributed by atoms with Gasteiger partial charge in [-0.3, -0.25) is 4.90 Å². The number of nitrogens with zero attached hydrogens (tertiary/aromatic N) is 3. The predicted octanol–water partition coefficient (Wildman–Crippen LogP) is 2.04. The number of hydrogen-bond donors (Lipinski definition) is 1. The van der Waals surface area contributed by atoms with Crippen LogP contribution in [0.15, 0.2) is 24.3 Å². The van der Waals surface area contributed by atoms with Crippen molar-refractivity contribution in [1.82, 2.24) is 15.1 Å². The molecular formula is C18H31ClN4. The van der Waals surface area contributed by atoms with Crippen LogP contribution in [0.25, 0.3) is 0 Å². The maximum absolute atomic E-state index is 3.53. The van der Waals surface area contributed by atoms with Gasteiger partial charge in [0, 0.05) is 64.1 Å². The first-order chi connectivity index (χ1) is 10.8. The van der Waals surface area contributed by atoms with Gasteiger partial charge in [0.2, 0.25) is 0 Å². The molecule has 1 atom stereocenters. The second-order valence-corrected chi connectivity index (χ2v) is 6.64. The van der Waals surface area contributed by atoms with E-state index in [1.807, 2.05) is 0 Å². The maximum Gasteiger partial charge on any atom is 0.0412 e. The zero-order valence-electron chi connectivity index (χ0n) is 14.5. The van der Waals surface area contributed by atoms with Crippen LogP contribution in [-0.4, -0.2) is 68.2 Å². The summed E-state index contributed by atoms with van der Waals surface area (Å²) in [5.41, 5.74) is 2.94. The highest BCUT2D eigenvalue weighted by Crippen LogP contribution is 2.23. The summed E-state index contributed by atoms with van der Waals surface area (Å²) >= 11 is 0. The van der Waals surface area contributed by atoms with E-state index in [1.165, 1.54) is 30.9 Å². The third-order valence-corrected chi connectivity index (χ3v) is 5.00. The zero-order chi connectivity index (χ0) is 15.4. The predicted molar refractivity (Wildman–Crippen MR) is 101 cm³/mol. The van der Waals surface area contributed by atoms with Gasteiger partial charge in [-0.15, -0.1) is 12.4 Å². The maximum atomic E-state index is 3.53. The Morgan fingerprint density at radius 3 is 2.48 bits per heavy atom. The summed E-state index contributed by atoms with van der Waals surface area (Å²) in [5.74, 6) is 0. The first kappa shape index (κ1) is 18.5. The van der Waals surface area contributed by atoms with Gasteiger partial charge in [-0.2, -0.15) is 0 Å². The van der Waals surface area contributed by atoms with Crippen molar-refractivity contribution in [3.63, 3.8) is 0 Å². The molecule has 4 nitrogen and oxygen atoms in total. The molecule has 2 fully saturated rings. The Balaban J connectivity index is 0.00000192. The molecule has 1 N–H and O–H groups in total. The Morgan fingerprint density at radius 2 is 1.78 bits per heavy atom. The third-order valence-electron chi connectivity index (χ3n) is 5.00. The highest BCUT2D eigenvalue weighted by atomic mass is 35.5. The van der Waals surface area contributed by atoms with Crippen LogP contribution in [0.1, 0.15) is 19.4 Å². The highest BCUT2D eigenvalue weighted by Gasteiger charge is 2.20. The van der Waals surface area contributed by atoms with Gasteiger partial charge in [-0.05, 0) is 25.1 Å². The Kier molecular flexibility index (Phi) is 7.15. The molecular weight excluding hydrogens is 308 g/mol.